The maximum absolute atomic E-state index is 14.4. The van der Waals surface area contributed by atoms with Gasteiger partial charge in [-0.05, 0) is 19.3 Å². The number of phosphoric acid groups is 1. The first-order chi connectivity index (χ1) is 49.8. The van der Waals surface area contributed by atoms with Gasteiger partial charge in [0.15, 0.2) is 18.7 Å². The minimum atomic E-state index is -5.70. The SMILES string of the molecule is CCCCCCCCCCCCCCCCCCCC(=O)OCC(COP(=O)(O)OC1C(OC2OC(CO)C(O)C(O)C2O)C(O)C(O)C(O)C1OC1OC(COC(=O)CCCCCCCCCCCCCCCCCC)C(O)C(O)C1O)OC(=O)CCCCCCCCCCCCCCCCC. The molecule has 608 valence electrons. The first-order valence-corrected chi connectivity index (χ1v) is 42.8. The molecule has 25 heteroatoms. The topological polar surface area (TPSA) is 374 Å². The molecular formula is C78H147O24P. The summed E-state index contributed by atoms with van der Waals surface area (Å²) < 4.78 is 65.3. The van der Waals surface area contributed by atoms with Gasteiger partial charge in [0.25, 0.3) is 0 Å². The first kappa shape index (κ1) is 95.2. The molecule has 0 bridgehead atoms. The molecule has 3 fully saturated rings. The maximum Gasteiger partial charge on any atom is 0.472 e. The lowest BCUT2D eigenvalue weighted by molar-refractivity contribution is -0.360. The van der Waals surface area contributed by atoms with Crippen LogP contribution in [-0.4, -0.2) is 204 Å². The van der Waals surface area contributed by atoms with Gasteiger partial charge >= 0.3 is 25.7 Å². The molecule has 3 aliphatic rings. The molecule has 1 saturated carbocycles. The van der Waals surface area contributed by atoms with E-state index in [1.165, 1.54) is 199 Å². The summed E-state index contributed by atoms with van der Waals surface area (Å²) in [6.07, 6.45) is 19.9. The molecule has 0 amide bonds. The smallest absolute Gasteiger partial charge is 0.463 e. The molecule has 24 nitrogen and oxygen atoms in total. The fraction of sp³-hybridized carbons (Fsp3) is 0.962. The molecule has 11 N–H and O–H groups in total. The van der Waals surface area contributed by atoms with E-state index in [1.54, 1.807) is 0 Å². The molecule has 0 aromatic heterocycles. The van der Waals surface area contributed by atoms with Gasteiger partial charge in [-0.2, -0.15) is 0 Å². The third-order valence-electron chi connectivity index (χ3n) is 20.6. The molecule has 3 rings (SSSR count). The first-order valence-electron chi connectivity index (χ1n) is 41.3. The fourth-order valence-corrected chi connectivity index (χ4v) is 14.9. The van der Waals surface area contributed by atoms with Crippen LogP contribution in [0.2, 0.25) is 0 Å². The van der Waals surface area contributed by atoms with E-state index in [9.17, 15) is 74.9 Å². The van der Waals surface area contributed by atoms with Gasteiger partial charge in [-0.25, -0.2) is 4.57 Å². The van der Waals surface area contributed by atoms with E-state index >= 15 is 0 Å². The summed E-state index contributed by atoms with van der Waals surface area (Å²) in [7, 11) is -5.70. The number of phosphoric ester groups is 1. The van der Waals surface area contributed by atoms with Gasteiger partial charge in [0.2, 0.25) is 0 Å². The highest BCUT2D eigenvalue weighted by Crippen LogP contribution is 2.49. The van der Waals surface area contributed by atoms with Gasteiger partial charge in [-0.1, -0.05) is 310 Å². The number of unbranched alkanes of at least 4 members (excludes halogenated alkanes) is 45. The number of aliphatic hydroxyl groups is 10. The predicted molar refractivity (Wildman–Crippen MR) is 393 cm³/mol. The zero-order chi connectivity index (χ0) is 75.3. The van der Waals surface area contributed by atoms with Gasteiger partial charge < -0.3 is 89.1 Å². The highest BCUT2D eigenvalue weighted by molar-refractivity contribution is 7.47. The van der Waals surface area contributed by atoms with Gasteiger partial charge in [-0.3, -0.25) is 23.4 Å². The number of carbonyl (C=O) groups excluding carboxylic acids is 3. The number of carbonyl (C=O) groups is 3. The van der Waals surface area contributed by atoms with Crippen molar-refractivity contribution in [1.29, 1.82) is 0 Å². The van der Waals surface area contributed by atoms with Crippen LogP contribution in [0.3, 0.4) is 0 Å². The second-order valence-electron chi connectivity index (χ2n) is 29.9. The van der Waals surface area contributed by atoms with Crippen molar-refractivity contribution in [1.82, 2.24) is 0 Å². The summed E-state index contributed by atoms with van der Waals surface area (Å²) in [6.45, 7) is 3.52. The number of rotatable bonds is 66. The molecule has 0 spiro atoms. The van der Waals surface area contributed by atoms with Crippen molar-refractivity contribution in [3.05, 3.63) is 0 Å². The Morgan fingerprint density at radius 2 is 0.621 bits per heavy atom. The van der Waals surface area contributed by atoms with Crippen molar-refractivity contribution in [2.75, 3.05) is 26.4 Å². The van der Waals surface area contributed by atoms with Crippen molar-refractivity contribution >= 4 is 25.7 Å². The van der Waals surface area contributed by atoms with Gasteiger partial charge in [0, 0.05) is 19.3 Å². The molecule has 2 aliphatic heterocycles. The van der Waals surface area contributed by atoms with E-state index in [1.807, 2.05) is 0 Å². The highest BCUT2D eigenvalue weighted by atomic mass is 31.2. The number of esters is 3. The Morgan fingerprint density at radius 1 is 0.340 bits per heavy atom. The molecule has 103 heavy (non-hydrogen) atoms. The van der Waals surface area contributed by atoms with Gasteiger partial charge in [-0.15, -0.1) is 0 Å². The molecule has 2 heterocycles. The van der Waals surface area contributed by atoms with Crippen LogP contribution in [0.25, 0.3) is 0 Å². The van der Waals surface area contributed by atoms with E-state index in [0.717, 1.165) is 89.9 Å². The third kappa shape index (κ3) is 42.1. The van der Waals surface area contributed by atoms with E-state index in [0.29, 0.717) is 19.3 Å². The lowest BCUT2D eigenvalue weighted by atomic mass is 9.84. The van der Waals surface area contributed by atoms with Crippen LogP contribution in [0.4, 0.5) is 0 Å². The summed E-state index contributed by atoms with van der Waals surface area (Å²) in [5.74, 6) is -1.96. The summed E-state index contributed by atoms with van der Waals surface area (Å²) in [6, 6.07) is 0. The van der Waals surface area contributed by atoms with Crippen molar-refractivity contribution in [2.45, 2.75) is 452 Å². The summed E-state index contributed by atoms with van der Waals surface area (Å²) in [5.41, 5.74) is 0. The summed E-state index contributed by atoms with van der Waals surface area (Å²) >= 11 is 0. The Hall–Kier alpha value is -2.04. The normalized spacial score (nSPS) is 26.8. The largest absolute Gasteiger partial charge is 0.472 e. The zero-order valence-electron chi connectivity index (χ0n) is 63.9. The van der Waals surface area contributed by atoms with Crippen LogP contribution in [0, 0.1) is 0 Å². The van der Waals surface area contributed by atoms with Crippen LogP contribution < -0.4 is 0 Å². The second-order valence-corrected chi connectivity index (χ2v) is 31.3. The van der Waals surface area contributed by atoms with E-state index in [-0.39, 0.29) is 19.3 Å². The van der Waals surface area contributed by atoms with Gasteiger partial charge in [0.05, 0.1) is 13.2 Å². The average Bonchev–Trinajstić information content (AvgIpc) is 0.761. The molecular weight excluding hydrogens is 1350 g/mol. The lowest BCUT2D eigenvalue weighted by Gasteiger charge is -2.49. The van der Waals surface area contributed by atoms with Crippen molar-refractivity contribution in [3.63, 3.8) is 0 Å². The Morgan fingerprint density at radius 3 is 0.951 bits per heavy atom. The van der Waals surface area contributed by atoms with Crippen molar-refractivity contribution < 1.29 is 117 Å². The van der Waals surface area contributed by atoms with Crippen LogP contribution in [0.1, 0.15) is 348 Å². The monoisotopic (exact) mass is 1500 g/mol. The minimum absolute atomic E-state index is 0.0326. The standard InChI is InChI=1S/C78H147O24P/c1-4-7-10-13-16-19-22-25-28-30-33-35-37-40-43-46-49-52-62(80)94-56-59(97-64(82)54-51-48-45-42-39-36-31-27-24-21-18-15-12-9-6-3)57-96-103(92,93)102-76-74(100-77-72(90)67(85)65(83)60(55-79)98-77)70(88)69(87)71(89)75(76)101-78-73(91)68(86)66(84)61(99-78)58-95-63(81)53-50-47-44-41-38-34-32-29-26-23-20-17-14-11-8-5-2/h59-61,65-79,83-91H,4-58H2,1-3H3,(H,92,93). The van der Waals surface area contributed by atoms with Crippen LogP contribution in [0.5, 0.6) is 0 Å². The van der Waals surface area contributed by atoms with E-state index < -0.39 is 156 Å². The molecule has 0 aromatic rings. The summed E-state index contributed by atoms with van der Waals surface area (Å²) in [5, 5.41) is 110. The van der Waals surface area contributed by atoms with E-state index in [2.05, 4.69) is 20.8 Å². The molecule has 2 saturated heterocycles. The Balaban J connectivity index is 1.69. The molecule has 1 aliphatic carbocycles. The molecule has 18 unspecified atom stereocenters. The van der Waals surface area contributed by atoms with Crippen molar-refractivity contribution in [3.8, 4) is 0 Å². The molecule has 0 aromatic carbocycles. The van der Waals surface area contributed by atoms with Crippen molar-refractivity contribution in [2.24, 2.45) is 0 Å². The predicted octanol–water partition coefficient (Wildman–Crippen LogP) is 12.9. The van der Waals surface area contributed by atoms with Crippen LogP contribution >= 0.6 is 7.82 Å². The Kier molecular flexibility index (Phi) is 55.2. The second kappa shape index (κ2) is 59.8. The molecule has 0 radical (unpaired) electrons. The quantitative estimate of drug-likeness (QED) is 0.0117. The lowest BCUT2D eigenvalue weighted by Crippen LogP contribution is -2.69. The minimum Gasteiger partial charge on any atom is -0.463 e. The number of ether oxygens (including phenoxy) is 7. The number of hydrogen-bond donors (Lipinski definition) is 11. The number of aliphatic hydroxyl groups excluding tert-OH is 10. The Labute approximate surface area is 619 Å². The molecule has 18 atom stereocenters. The van der Waals surface area contributed by atoms with Crippen LogP contribution in [0.15, 0.2) is 0 Å². The Bertz CT molecular complexity index is 2120. The fourth-order valence-electron chi connectivity index (χ4n) is 13.9. The van der Waals surface area contributed by atoms with Crippen LogP contribution in [-0.2, 0) is 61.2 Å². The maximum atomic E-state index is 14.4. The summed E-state index contributed by atoms with van der Waals surface area (Å²) in [4.78, 5) is 51.2. The third-order valence-corrected chi connectivity index (χ3v) is 21.6. The van der Waals surface area contributed by atoms with E-state index in [4.69, 9.17) is 42.2 Å². The highest BCUT2D eigenvalue weighted by Gasteiger charge is 2.58. The number of hydrogen-bond acceptors (Lipinski definition) is 23. The average molecular weight is 1500 g/mol. The zero-order valence-corrected chi connectivity index (χ0v) is 64.8. The van der Waals surface area contributed by atoms with Gasteiger partial charge in [0.1, 0.15) is 98.7 Å².